The van der Waals surface area contributed by atoms with Crippen molar-refractivity contribution in [3.8, 4) is 17.2 Å². The predicted octanol–water partition coefficient (Wildman–Crippen LogP) is 5.71. The van der Waals surface area contributed by atoms with Crippen molar-refractivity contribution >= 4 is 39.8 Å². The number of aryl methyl sites for hydroxylation is 1. The molecule has 3 aromatic rings. The molecule has 198 valence electrons. The standard InChI is InChI=1S/C30H28N4O4S/c1-3-36-26-18-22(13-14-25(26)38-16-15-37-24-12-8-7-9-20(24)2)17-23-28(31)34-30(32-29(23)35)39-27(33-34)19-21-10-5-4-6-11-21/h4-14,17-18,31H,3,15-16,19H2,1-2H3/b23-17-,31-28?. The van der Waals surface area contributed by atoms with Gasteiger partial charge in [0.1, 0.15) is 24.0 Å². The molecule has 39 heavy (non-hydrogen) atoms. The number of hydrazone groups is 1. The molecule has 0 saturated carbocycles. The molecule has 0 fully saturated rings. The fourth-order valence-electron chi connectivity index (χ4n) is 4.06. The minimum absolute atomic E-state index is 0.00722. The smallest absolute Gasteiger partial charge is 0.283 e. The summed E-state index contributed by atoms with van der Waals surface area (Å²) in [5.74, 6) is 1.46. The molecular formula is C30H28N4O4S. The van der Waals surface area contributed by atoms with Gasteiger partial charge in [-0.05, 0) is 66.6 Å². The van der Waals surface area contributed by atoms with Crippen molar-refractivity contribution in [3.63, 3.8) is 0 Å². The number of carbonyl (C=O) groups excluding carboxylic acids is 1. The van der Waals surface area contributed by atoms with Crippen molar-refractivity contribution in [3.05, 3.63) is 95.1 Å². The van der Waals surface area contributed by atoms with Crippen LogP contribution < -0.4 is 14.2 Å². The Kier molecular flexibility index (Phi) is 8.07. The third kappa shape index (κ3) is 6.21. The van der Waals surface area contributed by atoms with Crippen molar-refractivity contribution in [2.75, 3.05) is 19.8 Å². The Morgan fingerprint density at radius 1 is 0.923 bits per heavy atom. The molecule has 0 bridgehead atoms. The summed E-state index contributed by atoms with van der Waals surface area (Å²) in [7, 11) is 0. The molecule has 1 amide bonds. The minimum atomic E-state index is -0.471. The van der Waals surface area contributed by atoms with Gasteiger partial charge in [0.2, 0.25) is 5.17 Å². The van der Waals surface area contributed by atoms with E-state index in [1.165, 1.54) is 16.8 Å². The zero-order valence-corrected chi connectivity index (χ0v) is 22.5. The number of ether oxygens (including phenoxy) is 3. The van der Waals surface area contributed by atoms with Gasteiger partial charge in [0, 0.05) is 6.42 Å². The van der Waals surface area contributed by atoms with Crippen molar-refractivity contribution in [1.82, 2.24) is 5.01 Å². The van der Waals surface area contributed by atoms with Crippen LogP contribution in [0, 0.1) is 12.3 Å². The predicted molar refractivity (Wildman–Crippen MR) is 155 cm³/mol. The summed E-state index contributed by atoms with van der Waals surface area (Å²) in [5.41, 5.74) is 3.01. The van der Waals surface area contributed by atoms with E-state index < -0.39 is 5.91 Å². The van der Waals surface area contributed by atoms with E-state index in [1.807, 2.05) is 74.5 Å². The van der Waals surface area contributed by atoms with Gasteiger partial charge in [-0.25, -0.2) is 0 Å². The highest BCUT2D eigenvalue weighted by molar-refractivity contribution is 8.26. The molecule has 0 unspecified atom stereocenters. The number of fused-ring (bicyclic) bond motifs is 1. The average Bonchev–Trinajstić information content (AvgIpc) is 3.34. The van der Waals surface area contributed by atoms with Crippen LogP contribution in [0.4, 0.5) is 0 Å². The summed E-state index contributed by atoms with van der Waals surface area (Å²) in [6.07, 6.45) is 2.24. The maximum atomic E-state index is 12.9. The third-order valence-corrected chi connectivity index (χ3v) is 6.87. The number of hydrogen-bond acceptors (Lipinski definition) is 7. The third-order valence-electron chi connectivity index (χ3n) is 5.97. The van der Waals surface area contributed by atoms with Gasteiger partial charge in [0.05, 0.1) is 12.2 Å². The first-order valence-electron chi connectivity index (χ1n) is 12.6. The zero-order chi connectivity index (χ0) is 27.2. The van der Waals surface area contributed by atoms with Crippen LogP contribution in [0.25, 0.3) is 6.08 Å². The Hall–Kier alpha value is -4.37. The summed E-state index contributed by atoms with van der Waals surface area (Å²) >= 11 is 1.32. The lowest BCUT2D eigenvalue weighted by Crippen LogP contribution is -2.35. The molecule has 2 aliphatic heterocycles. The molecule has 0 aromatic heterocycles. The van der Waals surface area contributed by atoms with E-state index in [9.17, 15) is 4.79 Å². The maximum absolute atomic E-state index is 12.9. The second-order valence-corrected chi connectivity index (χ2v) is 9.82. The molecule has 8 nitrogen and oxygen atoms in total. The van der Waals surface area contributed by atoms with Crippen molar-refractivity contribution in [2.45, 2.75) is 20.3 Å². The normalized spacial score (nSPS) is 15.6. The second kappa shape index (κ2) is 12.0. The van der Waals surface area contributed by atoms with E-state index in [4.69, 9.17) is 19.6 Å². The molecular weight excluding hydrogens is 512 g/mol. The van der Waals surface area contributed by atoms with E-state index in [-0.39, 0.29) is 11.4 Å². The first kappa shape index (κ1) is 26.2. The first-order valence-corrected chi connectivity index (χ1v) is 13.4. The quantitative estimate of drug-likeness (QED) is 0.261. The van der Waals surface area contributed by atoms with Crippen LogP contribution in [-0.4, -0.2) is 46.8 Å². The minimum Gasteiger partial charge on any atom is -0.490 e. The molecule has 0 spiro atoms. The van der Waals surface area contributed by atoms with Crippen LogP contribution in [0.2, 0.25) is 0 Å². The van der Waals surface area contributed by atoms with Crippen molar-refractivity contribution in [1.29, 1.82) is 5.41 Å². The summed E-state index contributed by atoms with van der Waals surface area (Å²) in [4.78, 5) is 17.0. The van der Waals surface area contributed by atoms with Gasteiger partial charge in [-0.15, -0.1) is 0 Å². The molecule has 0 atom stereocenters. The molecule has 2 aliphatic rings. The van der Waals surface area contributed by atoms with Gasteiger partial charge in [0.25, 0.3) is 5.91 Å². The van der Waals surface area contributed by atoms with E-state index in [2.05, 4.69) is 10.1 Å². The van der Waals surface area contributed by atoms with Crippen LogP contribution in [0.15, 0.2) is 88.5 Å². The van der Waals surface area contributed by atoms with E-state index in [0.29, 0.717) is 48.5 Å². The molecule has 9 heteroatoms. The lowest BCUT2D eigenvalue weighted by atomic mass is 10.1. The number of benzene rings is 3. The number of para-hydroxylation sites is 1. The van der Waals surface area contributed by atoms with E-state index in [0.717, 1.165) is 21.9 Å². The number of carbonyl (C=O) groups is 1. The summed E-state index contributed by atoms with van der Waals surface area (Å²) in [6, 6.07) is 23.2. The summed E-state index contributed by atoms with van der Waals surface area (Å²) in [6.45, 7) is 5.06. The monoisotopic (exact) mass is 540 g/mol. The molecule has 0 saturated heterocycles. The molecule has 0 radical (unpaired) electrons. The Balaban J connectivity index is 1.28. The molecule has 3 aromatic carbocycles. The number of nitrogens with one attached hydrogen (secondary N) is 1. The summed E-state index contributed by atoms with van der Waals surface area (Å²) < 4.78 is 17.5. The largest absolute Gasteiger partial charge is 0.490 e. The highest BCUT2D eigenvalue weighted by Crippen LogP contribution is 2.32. The Morgan fingerprint density at radius 3 is 2.44 bits per heavy atom. The zero-order valence-electron chi connectivity index (χ0n) is 21.7. The fraction of sp³-hybridized carbons (Fsp3) is 0.200. The van der Waals surface area contributed by atoms with Crippen LogP contribution in [0.1, 0.15) is 23.6 Å². The Morgan fingerprint density at radius 2 is 1.67 bits per heavy atom. The highest BCUT2D eigenvalue weighted by atomic mass is 32.2. The second-order valence-electron chi connectivity index (χ2n) is 8.78. The van der Waals surface area contributed by atoms with E-state index in [1.54, 1.807) is 18.2 Å². The Labute approximate surface area is 231 Å². The van der Waals surface area contributed by atoms with Gasteiger partial charge < -0.3 is 14.2 Å². The van der Waals surface area contributed by atoms with E-state index >= 15 is 0 Å². The van der Waals surface area contributed by atoms with Crippen LogP contribution in [-0.2, 0) is 11.2 Å². The van der Waals surface area contributed by atoms with Crippen LogP contribution >= 0.6 is 11.8 Å². The van der Waals surface area contributed by atoms with Gasteiger partial charge >= 0.3 is 0 Å². The van der Waals surface area contributed by atoms with Gasteiger partial charge in [-0.1, -0.05) is 54.6 Å². The number of amidine groups is 2. The molecule has 1 N–H and O–H groups in total. The number of aliphatic imine (C=N–C) groups is 1. The maximum Gasteiger partial charge on any atom is 0.283 e. The average molecular weight is 541 g/mol. The van der Waals surface area contributed by atoms with Crippen molar-refractivity contribution in [2.24, 2.45) is 10.1 Å². The highest BCUT2D eigenvalue weighted by Gasteiger charge is 2.35. The number of amides is 1. The van der Waals surface area contributed by atoms with Crippen LogP contribution in [0.3, 0.4) is 0 Å². The topological polar surface area (TPSA) is 96.6 Å². The number of rotatable bonds is 10. The van der Waals surface area contributed by atoms with Crippen LogP contribution in [0.5, 0.6) is 17.2 Å². The number of nitrogens with zero attached hydrogens (tertiary/aromatic N) is 3. The lowest BCUT2D eigenvalue weighted by Gasteiger charge is -2.20. The van der Waals surface area contributed by atoms with Gasteiger partial charge in [-0.2, -0.15) is 15.1 Å². The van der Waals surface area contributed by atoms with Gasteiger partial charge in [0.15, 0.2) is 17.3 Å². The summed E-state index contributed by atoms with van der Waals surface area (Å²) in [5, 5.41) is 15.8. The number of hydrogen-bond donors (Lipinski definition) is 1. The molecule has 2 heterocycles. The lowest BCUT2D eigenvalue weighted by molar-refractivity contribution is -0.114. The Bertz CT molecular complexity index is 1480. The fourth-order valence-corrected chi connectivity index (χ4v) is 4.98. The first-order chi connectivity index (χ1) is 19.0. The van der Waals surface area contributed by atoms with Gasteiger partial charge in [-0.3, -0.25) is 10.2 Å². The van der Waals surface area contributed by atoms with Crippen molar-refractivity contribution < 1.29 is 19.0 Å². The molecule has 0 aliphatic carbocycles. The number of thioether (sulfide) groups is 1. The SMILES string of the molecule is CCOc1cc(/C=C2/C(=N)N3N=C(Cc4ccccc4)SC3=NC2=O)ccc1OCCOc1ccccc1C. The molecule has 5 rings (SSSR count).